The van der Waals surface area contributed by atoms with Gasteiger partial charge in [-0.3, -0.25) is 4.79 Å². The van der Waals surface area contributed by atoms with E-state index in [1.165, 1.54) is 9.36 Å². The highest BCUT2D eigenvalue weighted by Crippen LogP contribution is 2.05. The van der Waals surface area contributed by atoms with E-state index in [9.17, 15) is 9.59 Å². The van der Waals surface area contributed by atoms with Gasteiger partial charge in [0.1, 0.15) is 6.07 Å². The zero-order valence-corrected chi connectivity index (χ0v) is 14.3. The lowest BCUT2D eigenvalue weighted by molar-refractivity contribution is -0.745. The smallest absolute Gasteiger partial charge is 0.345 e. The van der Waals surface area contributed by atoms with Crippen LogP contribution in [0.5, 0.6) is 0 Å². The van der Waals surface area contributed by atoms with Crippen molar-refractivity contribution in [1.29, 1.82) is 5.26 Å². The highest BCUT2D eigenvalue weighted by atomic mass is 16.2. The van der Waals surface area contributed by atoms with Gasteiger partial charge in [0, 0.05) is 6.54 Å². The Morgan fingerprint density at radius 3 is 2.54 bits per heavy atom. The van der Waals surface area contributed by atoms with Gasteiger partial charge in [0.05, 0.1) is 0 Å². The second-order valence-corrected chi connectivity index (χ2v) is 5.84. The first kappa shape index (κ1) is 17.2. The van der Waals surface area contributed by atoms with Gasteiger partial charge in [-0.05, 0) is 24.6 Å². The van der Waals surface area contributed by atoms with Gasteiger partial charge >= 0.3 is 17.2 Å². The molecule has 130 valence electrons. The van der Waals surface area contributed by atoms with Crippen molar-refractivity contribution in [2.75, 3.05) is 0 Å². The van der Waals surface area contributed by atoms with Crippen molar-refractivity contribution in [3.05, 3.63) is 81.8 Å². The standard InChI is InChI=1S/C19H17N5O2/c1-14-7-9-16(10-8-14)24-19(26)17(23(22-24)12-11-20)18(25)21-13-15-5-3-2-4-6-15/h2-10H,12-13H2,1H3,(H-,21,22,25,26)/p+1. The number of benzene rings is 2. The topological polar surface area (TPSA) is 94.6 Å². The number of nitrogens with zero attached hydrogens (tertiary/aromatic N) is 3. The zero-order valence-electron chi connectivity index (χ0n) is 14.3. The van der Waals surface area contributed by atoms with Gasteiger partial charge in [-0.1, -0.05) is 57.9 Å². The number of hydrogen-bond acceptors (Lipinski definition) is 3. The van der Waals surface area contributed by atoms with Crippen LogP contribution >= 0.6 is 0 Å². The van der Waals surface area contributed by atoms with Crippen LogP contribution in [0.25, 0.3) is 5.69 Å². The first-order valence-corrected chi connectivity index (χ1v) is 8.11. The third-order valence-corrected chi connectivity index (χ3v) is 3.93. The van der Waals surface area contributed by atoms with E-state index in [1.807, 2.05) is 55.5 Å². The highest BCUT2D eigenvalue weighted by Gasteiger charge is 2.28. The molecule has 0 saturated carbocycles. The minimum atomic E-state index is -0.531. The molecule has 0 fully saturated rings. The fourth-order valence-corrected chi connectivity index (χ4v) is 2.57. The zero-order chi connectivity index (χ0) is 18.5. The van der Waals surface area contributed by atoms with Crippen molar-refractivity contribution in [2.24, 2.45) is 0 Å². The molecule has 0 bridgehead atoms. The summed E-state index contributed by atoms with van der Waals surface area (Å²) >= 11 is 0. The van der Waals surface area contributed by atoms with Crippen molar-refractivity contribution >= 4 is 5.91 Å². The quantitative estimate of drug-likeness (QED) is 0.679. The molecule has 0 saturated heterocycles. The third kappa shape index (κ3) is 3.54. The van der Waals surface area contributed by atoms with Gasteiger partial charge in [-0.2, -0.15) is 5.26 Å². The van der Waals surface area contributed by atoms with E-state index in [-0.39, 0.29) is 12.2 Å². The van der Waals surface area contributed by atoms with Crippen molar-refractivity contribution in [3.63, 3.8) is 0 Å². The summed E-state index contributed by atoms with van der Waals surface area (Å²) in [6.45, 7) is 2.10. The molecule has 0 aliphatic carbocycles. The summed E-state index contributed by atoms with van der Waals surface area (Å²) < 4.78 is 2.51. The summed E-state index contributed by atoms with van der Waals surface area (Å²) in [6.07, 6.45) is 0. The Balaban J connectivity index is 1.92. The molecular formula is C19H18N5O2+. The largest absolute Gasteiger partial charge is 0.411 e. The Hall–Kier alpha value is -3.66. The molecule has 2 aromatic carbocycles. The molecule has 7 heteroatoms. The van der Waals surface area contributed by atoms with E-state index >= 15 is 0 Å². The molecule has 0 unspecified atom stereocenters. The molecule has 0 atom stereocenters. The Morgan fingerprint density at radius 2 is 1.88 bits per heavy atom. The number of hydrogen-bond donors (Lipinski definition) is 2. The molecule has 26 heavy (non-hydrogen) atoms. The SMILES string of the molecule is Cc1ccc(-n2[nH][n+](CC#N)c(C(=O)NCc3ccccc3)c2=O)cc1. The Kier molecular flexibility index (Phi) is 4.94. The number of H-pyrrole nitrogens is 1. The number of aromatic nitrogens is 3. The molecule has 0 radical (unpaired) electrons. The average molecular weight is 348 g/mol. The molecule has 2 N–H and O–H groups in total. The normalized spacial score (nSPS) is 10.3. The van der Waals surface area contributed by atoms with E-state index in [0.717, 1.165) is 11.1 Å². The second-order valence-electron chi connectivity index (χ2n) is 5.84. The van der Waals surface area contributed by atoms with Gasteiger partial charge in [0.25, 0.3) is 0 Å². The van der Waals surface area contributed by atoms with Gasteiger partial charge in [0.2, 0.25) is 0 Å². The number of carbonyl (C=O) groups is 1. The fourth-order valence-electron chi connectivity index (χ4n) is 2.57. The molecule has 1 amide bonds. The van der Waals surface area contributed by atoms with Gasteiger partial charge < -0.3 is 5.32 Å². The third-order valence-electron chi connectivity index (χ3n) is 3.93. The monoisotopic (exact) mass is 348 g/mol. The summed E-state index contributed by atoms with van der Waals surface area (Å²) in [6, 6.07) is 18.6. The lowest BCUT2D eigenvalue weighted by atomic mass is 10.2. The number of carbonyl (C=O) groups excluding carboxylic acids is 1. The van der Waals surface area contributed by atoms with Crippen molar-refractivity contribution in [2.45, 2.75) is 20.0 Å². The van der Waals surface area contributed by atoms with E-state index in [0.29, 0.717) is 12.2 Å². The molecular weight excluding hydrogens is 330 g/mol. The van der Waals surface area contributed by atoms with Crippen LogP contribution < -0.4 is 15.6 Å². The lowest BCUT2D eigenvalue weighted by Gasteiger charge is -2.02. The number of nitriles is 1. The van der Waals surface area contributed by atoms with Crippen molar-refractivity contribution < 1.29 is 9.48 Å². The Bertz CT molecular complexity index is 1010. The van der Waals surface area contributed by atoms with Crippen LogP contribution in [0.2, 0.25) is 0 Å². The van der Waals surface area contributed by atoms with Crippen LogP contribution in [0.4, 0.5) is 0 Å². The maximum Gasteiger partial charge on any atom is 0.411 e. The van der Waals surface area contributed by atoms with E-state index in [1.54, 1.807) is 12.1 Å². The summed E-state index contributed by atoms with van der Waals surface area (Å²) in [7, 11) is 0. The number of rotatable bonds is 5. The van der Waals surface area contributed by atoms with Crippen LogP contribution in [0, 0.1) is 18.3 Å². The van der Waals surface area contributed by atoms with Gasteiger partial charge in [-0.15, -0.1) is 4.68 Å². The second kappa shape index (κ2) is 7.49. The van der Waals surface area contributed by atoms with Crippen LogP contribution in [-0.2, 0) is 13.1 Å². The van der Waals surface area contributed by atoms with Crippen LogP contribution in [0.1, 0.15) is 21.6 Å². The van der Waals surface area contributed by atoms with Crippen LogP contribution in [0.3, 0.4) is 0 Å². The number of amides is 1. The van der Waals surface area contributed by atoms with E-state index in [2.05, 4.69) is 10.5 Å². The molecule has 7 nitrogen and oxygen atoms in total. The fraction of sp³-hybridized carbons (Fsp3) is 0.158. The first-order chi connectivity index (χ1) is 12.6. The van der Waals surface area contributed by atoms with Crippen molar-refractivity contribution in [1.82, 2.24) is 15.2 Å². The number of aromatic amines is 1. The van der Waals surface area contributed by atoms with Gasteiger partial charge in [0.15, 0.2) is 12.2 Å². The number of aryl methyl sites for hydroxylation is 1. The summed E-state index contributed by atoms with van der Waals surface area (Å²) in [5, 5.41) is 14.5. The summed E-state index contributed by atoms with van der Waals surface area (Å²) in [5.41, 5.74) is 1.95. The Morgan fingerprint density at radius 1 is 1.19 bits per heavy atom. The van der Waals surface area contributed by atoms with Crippen molar-refractivity contribution in [3.8, 4) is 11.8 Å². The lowest BCUT2D eigenvalue weighted by Crippen LogP contribution is -2.46. The average Bonchev–Trinajstić information content (AvgIpc) is 2.98. The molecule has 3 rings (SSSR count). The maximum atomic E-state index is 12.7. The maximum absolute atomic E-state index is 12.7. The minimum absolute atomic E-state index is 0.108. The van der Waals surface area contributed by atoms with Crippen LogP contribution in [-0.4, -0.2) is 15.8 Å². The Labute approximate surface area is 150 Å². The van der Waals surface area contributed by atoms with E-state index < -0.39 is 11.5 Å². The first-order valence-electron chi connectivity index (χ1n) is 8.11. The number of nitrogens with one attached hydrogen (secondary N) is 2. The molecule has 1 aromatic heterocycles. The summed E-state index contributed by atoms with van der Waals surface area (Å²) in [4.78, 5) is 25.3. The predicted molar refractivity (Wildman–Crippen MR) is 94.5 cm³/mol. The van der Waals surface area contributed by atoms with E-state index in [4.69, 9.17) is 5.26 Å². The van der Waals surface area contributed by atoms with Gasteiger partial charge in [-0.25, -0.2) is 4.79 Å². The molecule has 0 aliphatic heterocycles. The molecule has 0 spiro atoms. The van der Waals surface area contributed by atoms with Crippen LogP contribution in [0.15, 0.2) is 59.4 Å². The minimum Gasteiger partial charge on any atom is -0.345 e. The highest BCUT2D eigenvalue weighted by molar-refractivity contribution is 5.90. The predicted octanol–water partition coefficient (Wildman–Crippen LogP) is 1.22. The molecule has 0 aliphatic rings. The summed E-state index contributed by atoms with van der Waals surface area (Å²) in [5.74, 6) is -0.531. The molecule has 1 heterocycles. The molecule has 3 aromatic rings.